The van der Waals surface area contributed by atoms with Gasteiger partial charge in [-0.05, 0) is 43.3 Å². The van der Waals surface area contributed by atoms with Crippen LogP contribution in [0.5, 0.6) is 0 Å². The van der Waals surface area contributed by atoms with Crippen molar-refractivity contribution in [2.24, 2.45) is 7.05 Å². The van der Waals surface area contributed by atoms with Gasteiger partial charge >= 0.3 is 0 Å². The fraction of sp³-hybridized carbons (Fsp3) is 0.118. The zero-order valence-corrected chi connectivity index (χ0v) is 12.6. The van der Waals surface area contributed by atoms with Crippen LogP contribution in [0.15, 0.2) is 47.3 Å². The predicted octanol–water partition coefficient (Wildman–Crippen LogP) is 2.63. The molecule has 5 nitrogen and oxygen atoms in total. The minimum absolute atomic E-state index is 0.199. The van der Waals surface area contributed by atoms with E-state index in [4.69, 9.17) is 0 Å². The molecule has 0 saturated heterocycles. The molecule has 0 aliphatic carbocycles. The molecule has 1 aromatic heterocycles. The Hall–Kier alpha value is -3.02. The summed E-state index contributed by atoms with van der Waals surface area (Å²) in [5.74, 6) is -1.03. The number of carbonyl (C=O) groups is 1. The van der Waals surface area contributed by atoms with Crippen LogP contribution in [0.4, 0.5) is 10.1 Å². The minimum Gasteiger partial charge on any atom is -0.320 e. The number of rotatable bonds is 2. The molecule has 0 atom stereocenters. The number of benzene rings is 2. The molecule has 6 heteroatoms. The van der Waals surface area contributed by atoms with E-state index in [9.17, 15) is 14.0 Å². The standard InChI is InChI=1S/C17H14FN3O2/c1-10-3-8-14-13(9-10)16(22)15(20-21(14)2)17(23)19-12-6-4-11(18)5-7-12/h3-9H,1-2H3,(H,19,23). The number of aromatic nitrogens is 2. The molecule has 0 aliphatic rings. The van der Waals surface area contributed by atoms with Crippen LogP contribution < -0.4 is 10.7 Å². The highest BCUT2D eigenvalue weighted by Gasteiger charge is 2.16. The number of aryl methyl sites for hydroxylation is 2. The van der Waals surface area contributed by atoms with Gasteiger partial charge in [-0.25, -0.2) is 4.39 Å². The van der Waals surface area contributed by atoms with E-state index in [1.807, 2.05) is 13.0 Å². The molecular weight excluding hydrogens is 297 g/mol. The molecule has 116 valence electrons. The Kier molecular flexibility index (Phi) is 3.65. The van der Waals surface area contributed by atoms with Crippen molar-refractivity contribution in [2.45, 2.75) is 6.92 Å². The topological polar surface area (TPSA) is 64.0 Å². The minimum atomic E-state index is -0.624. The van der Waals surface area contributed by atoms with Gasteiger partial charge in [0, 0.05) is 12.7 Å². The maximum Gasteiger partial charge on any atom is 0.280 e. The number of halogens is 1. The molecule has 23 heavy (non-hydrogen) atoms. The number of hydrogen-bond donors (Lipinski definition) is 1. The Morgan fingerprint density at radius 2 is 1.87 bits per heavy atom. The first-order valence-corrected chi connectivity index (χ1v) is 7.00. The average Bonchev–Trinajstić information content (AvgIpc) is 2.53. The smallest absolute Gasteiger partial charge is 0.280 e. The van der Waals surface area contributed by atoms with Crippen molar-refractivity contribution < 1.29 is 9.18 Å². The van der Waals surface area contributed by atoms with Crippen molar-refractivity contribution in [1.82, 2.24) is 9.78 Å². The van der Waals surface area contributed by atoms with Crippen molar-refractivity contribution in [2.75, 3.05) is 5.32 Å². The van der Waals surface area contributed by atoms with Gasteiger partial charge in [0.25, 0.3) is 5.91 Å². The van der Waals surface area contributed by atoms with Gasteiger partial charge in [0.05, 0.1) is 10.9 Å². The molecule has 2 aromatic carbocycles. The quantitative estimate of drug-likeness (QED) is 0.791. The van der Waals surface area contributed by atoms with E-state index in [-0.39, 0.29) is 5.69 Å². The van der Waals surface area contributed by atoms with Crippen LogP contribution in [0.3, 0.4) is 0 Å². The van der Waals surface area contributed by atoms with Gasteiger partial charge in [-0.3, -0.25) is 14.3 Å². The maximum absolute atomic E-state index is 12.9. The van der Waals surface area contributed by atoms with Crippen molar-refractivity contribution in [3.63, 3.8) is 0 Å². The lowest BCUT2D eigenvalue weighted by Gasteiger charge is -2.09. The van der Waals surface area contributed by atoms with Crippen LogP contribution in [-0.4, -0.2) is 15.7 Å². The van der Waals surface area contributed by atoms with E-state index in [0.717, 1.165) is 5.56 Å². The number of nitrogens with one attached hydrogen (secondary N) is 1. The summed E-state index contributed by atoms with van der Waals surface area (Å²) in [6.07, 6.45) is 0. The normalized spacial score (nSPS) is 10.7. The van der Waals surface area contributed by atoms with E-state index in [1.54, 1.807) is 19.2 Å². The molecule has 0 radical (unpaired) electrons. The maximum atomic E-state index is 12.9. The third kappa shape index (κ3) is 2.83. The number of fused-ring (bicyclic) bond motifs is 1. The van der Waals surface area contributed by atoms with Gasteiger partial charge < -0.3 is 5.32 Å². The first-order chi connectivity index (χ1) is 11.0. The van der Waals surface area contributed by atoms with E-state index in [2.05, 4.69) is 10.4 Å². The lowest BCUT2D eigenvalue weighted by molar-refractivity contribution is 0.101. The molecule has 0 fully saturated rings. The highest BCUT2D eigenvalue weighted by atomic mass is 19.1. The Balaban J connectivity index is 2.05. The molecule has 0 saturated carbocycles. The summed E-state index contributed by atoms with van der Waals surface area (Å²) in [5, 5.41) is 7.05. The van der Waals surface area contributed by atoms with E-state index in [1.165, 1.54) is 28.9 Å². The van der Waals surface area contributed by atoms with Gasteiger partial charge in [-0.2, -0.15) is 5.10 Å². The van der Waals surface area contributed by atoms with Crippen LogP contribution in [0.1, 0.15) is 16.1 Å². The number of anilines is 1. The van der Waals surface area contributed by atoms with Crippen LogP contribution in [0, 0.1) is 12.7 Å². The number of nitrogens with zero attached hydrogens (tertiary/aromatic N) is 2. The number of hydrogen-bond acceptors (Lipinski definition) is 3. The van der Waals surface area contributed by atoms with Gasteiger partial charge in [0.1, 0.15) is 5.82 Å². The summed E-state index contributed by atoms with van der Waals surface area (Å²) >= 11 is 0. The van der Waals surface area contributed by atoms with Crippen molar-refractivity contribution in [3.05, 3.63) is 69.8 Å². The molecule has 0 bridgehead atoms. The summed E-state index contributed by atoms with van der Waals surface area (Å²) < 4.78 is 14.4. The lowest BCUT2D eigenvalue weighted by atomic mass is 10.1. The third-order valence-electron chi connectivity index (χ3n) is 3.53. The Morgan fingerprint density at radius 3 is 2.57 bits per heavy atom. The Labute approximate surface area is 131 Å². The van der Waals surface area contributed by atoms with Crippen LogP contribution in [0.25, 0.3) is 10.9 Å². The molecule has 1 amide bonds. The van der Waals surface area contributed by atoms with E-state index in [0.29, 0.717) is 16.6 Å². The molecule has 3 rings (SSSR count). The third-order valence-corrected chi connectivity index (χ3v) is 3.53. The van der Waals surface area contributed by atoms with Gasteiger partial charge in [-0.1, -0.05) is 11.6 Å². The molecule has 0 aliphatic heterocycles. The average molecular weight is 311 g/mol. The van der Waals surface area contributed by atoms with Crippen LogP contribution >= 0.6 is 0 Å². The van der Waals surface area contributed by atoms with Gasteiger partial charge in [-0.15, -0.1) is 0 Å². The summed E-state index contributed by atoms with van der Waals surface area (Å²) in [5.41, 5.74) is 1.34. The largest absolute Gasteiger partial charge is 0.320 e. The zero-order valence-electron chi connectivity index (χ0n) is 12.6. The summed E-state index contributed by atoms with van der Waals surface area (Å²) in [6.45, 7) is 1.87. The summed E-state index contributed by atoms with van der Waals surface area (Å²) in [7, 11) is 1.67. The SMILES string of the molecule is Cc1ccc2c(c1)c(=O)c(C(=O)Nc1ccc(F)cc1)nn2C. The van der Waals surface area contributed by atoms with Crippen LogP contribution in [0.2, 0.25) is 0 Å². The van der Waals surface area contributed by atoms with Crippen LogP contribution in [-0.2, 0) is 7.05 Å². The van der Waals surface area contributed by atoms with E-state index >= 15 is 0 Å². The second-order valence-electron chi connectivity index (χ2n) is 5.28. The highest BCUT2D eigenvalue weighted by molar-refractivity contribution is 6.04. The van der Waals surface area contributed by atoms with Gasteiger partial charge in [0.2, 0.25) is 5.43 Å². The van der Waals surface area contributed by atoms with Gasteiger partial charge in [0.15, 0.2) is 5.69 Å². The van der Waals surface area contributed by atoms with Crippen molar-refractivity contribution in [1.29, 1.82) is 0 Å². The molecule has 3 aromatic rings. The zero-order chi connectivity index (χ0) is 16.6. The second kappa shape index (κ2) is 5.64. The molecular formula is C17H14FN3O2. The van der Waals surface area contributed by atoms with Crippen molar-refractivity contribution in [3.8, 4) is 0 Å². The lowest BCUT2D eigenvalue weighted by Crippen LogP contribution is -2.26. The highest BCUT2D eigenvalue weighted by Crippen LogP contribution is 2.13. The molecule has 1 N–H and O–H groups in total. The Morgan fingerprint density at radius 1 is 1.17 bits per heavy atom. The fourth-order valence-corrected chi connectivity index (χ4v) is 2.36. The first-order valence-electron chi connectivity index (χ1n) is 7.00. The Bertz CT molecular complexity index is 962. The molecule has 1 heterocycles. The molecule has 0 spiro atoms. The number of amides is 1. The number of carbonyl (C=O) groups excluding carboxylic acids is 1. The van der Waals surface area contributed by atoms with E-state index < -0.39 is 17.2 Å². The fourth-order valence-electron chi connectivity index (χ4n) is 2.36. The predicted molar refractivity (Wildman–Crippen MR) is 86.1 cm³/mol. The second-order valence-corrected chi connectivity index (χ2v) is 5.28. The first kappa shape index (κ1) is 14.9. The van der Waals surface area contributed by atoms with Crippen molar-refractivity contribution >= 4 is 22.5 Å². The monoisotopic (exact) mass is 311 g/mol. The summed E-state index contributed by atoms with van der Waals surface area (Å²) in [6, 6.07) is 10.7. The summed E-state index contributed by atoms with van der Waals surface area (Å²) in [4.78, 5) is 24.8. The molecule has 0 unspecified atom stereocenters.